The fourth-order valence-corrected chi connectivity index (χ4v) is 3.41. The Hall–Kier alpha value is -1.50. The van der Waals surface area contributed by atoms with Gasteiger partial charge < -0.3 is 25.2 Å². The van der Waals surface area contributed by atoms with E-state index in [1.807, 2.05) is 18.2 Å². The maximum atomic E-state index is 6.32. The van der Waals surface area contributed by atoms with E-state index in [9.17, 15) is 0 Å². The molecule has 7 heteroatoms. The molecule has 2 N–H and O–H groups in total. The number of nitrogens with one attached hydrogen (secondary N) is 2. The summed E-state index contributed by atoms with van der Waals surface area (Å²) in [5, 5.41) is 7.46. The number of benzene rings is 1. The van der Waals surface area contributed by atoms with E-state index < -0.39 is 0 Å². The van der Waals surface area contributed by atoms with Gasteiger partial charge in [-0.3, -0.25) is 4.99 Å². The molecule has 0 aliphatic carbocycles. The summed E-state index contributed by atoms with van der Waals surface area (Å²) in [5.41, 5.74) is 1.11. The summed E-state index contributed by atoms with van der Waals surface area (Å²) >= 11 is 6.32. The lowest BCUT2D eigenvalue weighted by molar-refractivity contribution is 0.283. The molecule has 0 unspecified atom stereocenters. The first kappa shape index (κ1) is 21.8. The zero-order valence-electron chi connectivity index (χ0n) is 16.9. The van der Waals surface area contributed by atoms with E-state index in [1.54, 1.807) is 7.11 Å². The number of ether oxygens (including phenoxy) is 1. The molecule has 6 nitrogen and oxygen atoms in total. The molecule has 1 heterocycles. The largest absolute Gasteiger partial charge is 0.497 e. The Labute approximate surface area is 168 Å². The first-order valence-electron chi connectivity index (χ1n) is 9.88. The second kappa shape index (κ2) is 12.1. The number of rotatable bonds is 8. The summed E-state index contributed by atoms with van der Waals surface area (Å²) in [4.78, 5) is 9.63. The van der Waals surface area contributed by atoms with Crippen LogP contribution in [0.1, 0.15) is 18.9 Å². The van der Waals surface area contributed by atoms with Gasteiger partial charge in [-0.25, -0.2) is 0 Å². The second-order valence-electron chi connectivity index (χ2n) is 6.89. The van der Waals surface area contributed by atoms with Gasteiger partial charge >= 0.3 is 0 Å². The molecule has 0 spiro atoms. The van der Waals surface area contributed by atoms with Crippen LogP contribution in [-0.2, 0) is 6.42 Å². The zero-order chi connectivity index (χ0) is 19.5. The first-order valence-corrected chi connectivity index (χ1v) is 10.3. The van der Waals surface area contributed by atoms with Gasteiger partial charge in [-0.2, -0.15) is 0 Å². The highest BCUT2D eigenvalue weighted by Gasteiger charge is 2.11. The van der Waals surface area contributed by atoms with Crippen LogP contribution in [0, 0.1) is 0 Å². The number of guanidine groups is 1. The molecule has 152 valence electrons. The van der Waals surface area contributed by atoms with Crippen molar-refractivity contribution in [2.45, 2.75) is 19.8 Å². The summed E-state index contributed by atoms with van der Waals surface area (Å²) in [5.74, 6) is 1.65. The van der Waals surface area contributed by atoms with Crippen molar-refractivity contribution in [2.24, 2.45) is 4.99 Å². The molecule has 1 aromatic carbocycles. The van der Waals surface area contributed by atoms with Gasteiger partial charge in [0.2, 0.25) is 0 Å². The fraction of sp³-hybridized carbons (Fsp3) is 0.650. The normalized spacial score (nSPS) is 16.8. The maximum Gasteiger partial charge on any atom is 0.191 e. The van der Waals surface area contributed by atoms with Crippen LogP contribution in [0.4, 0.5) is 0 Å². The topological polar surface area (TPSA) is 52.1 Å². The van der Waals surface area contributed by atoms with Crippen molar-refractivity contribution in [3.8, 4) is 5.75 Å². The molecule has 0 amide bonds. The van der Waals surface area contributed by atoms with Gasteiger partial charge in [0, 0.05) is 37.7 Å². The molecular formula is C20H34ClN5O. The minimum atomic E-state index is 0.740. The first-order chi connectivity index (χ1) is 13.1. The Morgan fingerprint density at radius 3 is 2.81 bits per heavy atom. The SMILES string of the molecule is CCNC(=NCCN1CCCN(C)CC1)NCCc1ccc(OC)cc1Cl. The third kappa shape index (κ3) is 7.95. The Morgan fingerprint density at radius 2 is 2.07 bits per heavy atom. The number of hydrogen-bond donors (Lipinski definition) is 2. The number of halogens is 1. The number of likely N-dealkylation sites (N-methyl/N-ethyl adjacent to an activating group) is 1. The van der Waals surface area contributed by atoms with Gasteiger partial charge in [0.15, 0.2) is 5.96 Å². The molecule has 1 saturated heterocycles. The van der Waals surface area contributed by atoms with Crippen molar-refractivity contribution in [2.75, 3.05) is 66.5 Å². The molecule has 1 aliphatic rings. The molecule has 0 bridgehead atoms. The average molecular weight is 396 g/mol. The van der Waals surface area contributed by atoms with Crippen LogP contribution in [0.2, 0.25) is 5.02 Å². The van der Waals surface area contributed by atoms with Gasteiger partial charge in [-0.1, -0.05) is 17.7 Å². The Morgan fingerprint density at radius 1 is 1.22 bits per heavy atom. The van der Waals surface area contributed by atoms with E-state index in [1.165, 1.54) is 19.5 Å². The lowest BCUT2D eigenvalue weighted by Gasteiger charge is -2.19. The van der Waals surface area contributed by atoms with Gasteiger partial charge in [0.1, 0.15) is 5.75 Å². The van der Waals surface area contributed by atoms with E-state index >= 15 is 0 Å². The lowest BCUT2D eigenvalue weighted by Crippen LogP contribution is -2.39. The summed E-state index contributed by atoms with van der Waals surface area (Å²) < 4.78 is 5.20. The lowest BCUT2D eigenvalue weighted by atomic mass is 10.1. The highest BCUT2D eigenvalue weighted by Crippen LogP contribution is 2.22. The van der Waals surface area contributed by atoms with Crippen LogP contribution in [-0.4, -0.2) is 82.3 Å². The van der Waals surface area contributed by atoms with Gasteiger partial charge in [0.25, 0.3) is 0 Å². The van der Waals surface area contributed by atoms with E-state index in [4.69, 9.17) is 21.3 Å². The summed E-state index contributed by atoms with van der Waals surface area (Å²) in [7, 11) is 3.85. The second-order valence-corrected chi connectivity index (χ2v) is 7.30. The maximum absolute atomic E-state index is 6.32. The van der Waals surface area contributed by atoms with Crippen molar-refractivity contribution in [1.82, 2.24) is 20.4 Å². The van der Waals surface area contributed by atoms with Crippen LogP contribution < -0.4 is 15.4 Å². The van der Waals surface area contributed by atoms with Crippen molar-refractivity contribution < 1.29 is 4.74 Å². The van der Waals surface area contributed by atoms with Crippen molar-refractivity contribution in [3.63, 3.8) is 0 Å². The molecule has 0 aromatic heterocycles. The van der Waals surface area contributed by atoms with Crippen molar-refractivity contribution in [3.05, 3.63) is 28.8 Å². The Kier molecular flexibility index (Phi) is 9.73. The highest BCUT2D eigenvalue weighted by molar-refractivity contribution is 6.31. The Bertz CT molecular complexity index is 596. The summed E-state index contributed by atoms with van der Waals surface area (Å²) in [6.07, 6.45) is 2.08. The minimum absolute atomic E-state index is 0.740. The van der Waals surface area contributed by atoms with Crippen LogP contribution in [0.15, 0.2) is 23.2 Å². The van der Waals surface area contributed by atoms with Crippen LogP contribution in [0.3, 0.4) is 0 Å². The van der Waals surface area contributed by atoms with E-state index in [-0.39, 0.29) is 0 Å². The summed E-state index contributed by atoms with van der Waals surface area (Å²) in [6.45, 7) is 10.2. The number of aliphatic imine (C=N–C) groups is 1. The van der Waals surface area contributed by atoms with Gasteiger partial charge in [-0.15, -0.1) is 0 Å². The minimum Gasteiger partial charge on any atom is -0.497 e. The van der Waals surface area contributed by atoms with Gasteiger partial charge in [-0.05, 0) is 57.6 Å². The van der Waals surface area contributed by atoms with Crippen molar-refractivity contribution >= 4 is 17.6 Å². The summed E-state index contributed by atoms with van der Waals surface area (Å²) in [6, 6.07) is 5.82. The standard InChI is InChI=1S/C20H34ClN5O/c1-4-22-20(24-10-13-26-12-5-11-25(2)14-15-26)23-9-8-17-6-7-18(27-3)16-19(17)21/h6-7,16H,4-5,8-15H2,1-3H3,(H2,22,23,24). The highest BCUT2D eigenvalue weighted by atomic mass is 35.5. The molecule has 1 fully saturated rings. The average Bonchev–Trinajstić information content (AvgIpc) is 2.87. The fourth-order valence-electron chi connectivity index (χ4n) is 3.14. The molecule has 1 aromatic rings. The quantitative estimate of drug-likeness (QED) is 0.521. The smallest absolute Gasteiger partial charge is 0.191 e. The van der Waals surface area contributed by atoms with Crippen LogP contribution in [0.25, 0.3) is 0 Å². The van der Waals surface area contributed by atoms with Crippen LogP contribution in [0.5, 0.6) is 5.75 Å². The van der Waals surface area contributed by atoms with E-state index in [0.717, 1.165) is 68.0 Å². The third-order valence-electron chi connectivity index (χ3n) is 4.79. The van der Waals surface area contributed by atoms with E-state index in [2.05, 4.69) is 34.4 Å². The predicted molar refractivity (Wildman–Crippen MR) is 114 cm³/mol. The molecule has 0 radical (unpaired) electrons. The molecule has 0 atom stereocenters. The van der Waals surface area contributed by atoms with Crippen LogP contribution >= 0.6 is 11.6 Å². The molecular weight excluding hydrogens is 362 g/mol. The Balaban J connectivity index is 1.77. The van der Waals surface area contributed by atoms with E-state index in [0.29, 0.717) is 0 Å². The molecule has 2 rings (SSSR count). The number of nitrogens with zero attached hydrogens (tertiary/aromatic N) is 3. The third-order valence-corrected chi connectivity index (χ3v) is 5.14. The zero-order valence-corrected chi connectivity index (χ0v) is 17.7. The monoisotopic (exact) mass is 395 g/mol. The molecule has 27 heavy (non-hydrogen) atoms. The van der Waals surface area contributed by atoms with Gasteiger partial charge in [0.05, 0.1) is 13.7 Å². The molecule has 1 aliphatic heterocycles. The van der Waals surface area contributed by atoms with Crippen molar-refractivity contribution in [1.29, 1.82) is 0 Å². The number of hydrogen-bond acceptors (Lipinski definition) is 4. The molecule has 0 saturated carbocycles. The number of methoxy groups -OCH3 is 1. The predicted octanol–water partition coefficient (Wildman–Crippen LogP) is 2.08.